The Bertz CT molecular complexity index is 94.9. The minimum atomic E-state index is -5.17. The molecule has 0 spiro atoms. The molecular weight excluding hydrogens is 167 g/mol. The van der Waals surface area contributed by atoms with Crippen molar-refractivity contribution in [2.45, 2.75) is 0 Å². The molecule has 1 atom stereocenters. The van der Waals surface area contributed by atoms with E-state index in [0.29, 0.717) is 0 Å². The van der Waals surface area contributed by atoms with Gasteiger partial charge in [0.15, 0.2) is 0 Å². The molecule has 7 heteroatoms. The summed E-state index contributed by atoms with van der Waals surface area (Å²) in [6.07, 6.45) is 0. The smallest absolute Gasteiger partial charge is 0.759 e. The van der Waals surface area contributed by atoms with Crippen molar-refractivity contribution in [3.63, 3.8) is 0 Å². The summed E-state index contributed by atoms with van der Waals surface area (Å²) in [6.45, 7) is 0. The Balaban J connectivity index is -0.0000000800. The first-order valence-corrected chi connectivity index (χ1v) is 2.00. The van der Waals surface area contributed by atoms with Crippen molar-refractivity contribution in [3.8, 4) is 0 Å². The van der Waals surface area contributed by atoms with Crippen LogP contribution in [0, 0.1) is 0 Å². The molecule has 0 saturated heterocycles. The maximum atomic E-state index is 8.52. The molecule has 0 aromatic carbocycles. The van der Waals surface area contributed by atoms with E-state index in [1.807, 2.05) is 0 Å². The molecule has 0 aromatic rings. The van der Waals surface area contributed by atoms with Gasteiger partial charge in [0.1, 0.15) is 0 Å². The van der Waals surface area contributed by atoms with Crippen LogP contribution in [0.1, 0.15) is 0 Å². The number of rotatable bonds is 0. The Kier molecular flexibility index (Phi) is 12.9. The van der Waals surface area contributed by atoms with E-state index in [1.54, 1.807) is 0 Å². The third-order valence-corrected chi connectivity index (χ3v) is 0. The van der Waals surface area contributed by atoms with Crippen LogP contribution in [0.4, 0.5) is 0 Å². The van der Waals surface area contributed by atoms with Gasteiger partial charge in [0, 0.05) is 10.4 Å². The van der Waals surface area contributed by atoms with Gasteiger partial charge in [-0.25, -0.2) is 0 Å². The molecule has 0 fully saturated rings. The van der Waals surface area contributed by atoms with Crippen molar-refractivity contribution >= 4 is 58.0 Å². The largest absolute Gasteiger partial charge is 2.00 e. The van der Waals surface area contributed by atoms with E-state index < -0.39 is 10.4 Å². The maximum absolute atomic E-state index is 8.52. The summed E-state index contributed by atoms with van der Waals surface area (Å²) in [6, 6.07) is 0. The minimum absolute atomic E-state index is 0. The van der Waals surface area contributed by atoms with Crippen LogP contribution in [0.5, 0.6) is 0 Å². The van der Waals surface area contributed by atoms with Gasteiger partial charge in [-0.3, -0.25) is 8.42 Å². The second-order valence-electron chi connectivity index (χ2n) is 0.408. The average molecular weight is 170 g/mol. The molecule has 7 heavy (non-hydrogen) atoms. The Morgan fingerprint density at radius 3 is 1.14 bits per heavy atom. The maximum Gasteiger partial charge on any atom is 2.00 e. The van der Waals surface area contributed by atoms with Crippen molar-refractivity contribution in [3.05, 3.63) is 0 Å². The molecular formula is H3CaO4PS. The van der Waals surface area contributed by atoms with E-state index in [9.17, 15) is 0 Å². The molecule has 0 rings (SSSR count). The van der Waals surface area contributed by atoms with Crippen LogP contribution in [-0.4, -0.2) is 55.3 Å². The molecule has 4 nitrogen and oxygen atoms in total. The monoisotopic (exact) mass is 170 g/mol. The molecule has 0 aliphatic rings. The summed E-state index contributed by atoms with van der Waals surface area (Å²) in [7, 11) is -5.17. The fraction of sp³-hybridized carbons (Fsp3) is 0. The second-order valence-corrected chi connectivity index (χ2v) is 1.22. The van der Waals surface area contributed by atoms with Gasteiger partial charge in [0.25, 0.3) is 0 Å². The normalized spacial score (nSPS) is 8.29. The van der Waals surface area contributed by atoms with Crippen LogP contribution in [0.3, 0.4) is 0 Å². The summed E-state index contributed by atoms with van der Waals surface area (Å²) in [5, 5.41) is 0. The van der Waals surface area contributed by atoms with E-state index in [0.717, 1.165) is 0 Å². The van der Waals surface area contributed by atoms with Crippen molar-refractivity contribution in [2.24, 2.45) is 0 Å². The van der Waals surface area contributed by atoms with Crippen LogP contribution < -0.4 is 0 Å². The van der Waals surface area contributed by atoms with Crippen LogP contribution in [0.15, 0.2) is 0 Å². The predicted octanol–water partition coefficient (Wildman–Crippen LogP) is -1.66. The molecule has 0 radical (unpaired) electrons. The Hall–Kier alpha value is 1.56. The van der Waals surface area contributed by atoms with Crippen LogP contribution >= 0.6 is 9.90 Å². The summed E-state index contributed by atoms with van der Waals surface area (Å²) in [5.41, 5.74) is 0. The summed E-state index contributed by atoms with van der Waals surface area (Å²) in [4.78, 5) is 0. The summed E-state index contributed by atoms with van der Waals surface area (Å²) in [5.74, 6) is 0. The van der Waals surface area contributed by atoms with Gasteiger partial charge < -0.3 is 9.11 Å². The molecule has 1 unspecified atom stereocenters. The Labute approximate surface area is 74.9 Å². The average Bonchev–Trinajstić information content (AvgIpc) is 0.722. The summed E-state index contributed by atoms with van der Waals surface area (Å²) < 4.78 is 34.1. The fourth-order valence-electron chi connectivity index (χ4n) is 0. The molecule has 0 bridgehead atoms. The zero-order valence-electron chi connectivity index (χ0n) is 3.46. The second kappa shape index (κ2) is 5.69. The molecule has 0 amide bonds. The summed E-state index contributed by atoms with van der Waals surface area (Å²) >= 11 is 0. The first-order valence-electron chi connectivity index (χ1n) is 0.667. The molecule has 0 aliphatic carbocycles. The van der Waals surface area contributed by atoms with Crippen LogP contribution in [0.25, 0.3) is 0 Å². The van der Waals surface area contributed by atoms with Crippen molar-refractivity contribution in [1.82, 2.24) is 0 Å². The van der Waals surface area contributed by atoms with E-state index in [2.05, 4.69) is 0 Å². The van der Waals surface area contributed by atoms with Crippen molar-refractivity contribution < 1.29 is 17.5 Å². The van der Waals surface area contributed by atoms with E-state index in [1.165, 1.54) is 0 Å². The Morgan fingerprint density at radius 1 is 1.14 bits per heavy atom. The number of hydrogen-bond acceptors (Lipinski definition) is 4. The van der Waals surface area contributed by atoms with Crippen LogP contribution in [-0.2, 0) is 10.4 Å². The van der Waals surface area contributed by atoms with Gasteiger partial charge in [-0.1, -0.05) is 0 Å². The van der Waals surface area contributed by atoms with Gasteiger partial charge >= 0.3 is 37.7 Å². The molecule has 0 aromatic heterocycles. The fourth-order valence-corrected chi connectivity index (χ4v) is 0. The third-order valence-electron chi connectivity index (χ3n) is 0. The zero-order valence-corrected chi connectivity index (χ0v) is 7.89. The third kappa shape index (κ3) is 96.1. The van der Waals surface area contributed by atoms with Crippen molar-refractivity contribution in [2.75, 3.05) is 0 Å². The van der Waals surface area contributed by atoms with E-state index in [4.69, 9.17) is 17.5 Å². The van der Waals surface area contributed by atoms with Gasteiger partial charge in [-0.2, -0.15) is 9.90 Å². The molecule has 0 N–H and O–H groups in total. The topological polar surface area (TPSA) is 80.3 Å². The predicted molar refractivity (Wildman–Crippen MR) is 27.3 cm³/mol. The number of hydrogen-bond donors (Lipinski definition) is 0. The van der Waals surface area contributed by atoms with E-state index in [-0.39, 0.29) is 47.6 Å². The molecule has 0 aliphatic heterocycles. The zero-order chi connectivity index (χ0) is 4.50. The minimum Gasteiger partial charge on any atom is -0.759 e. The van der Waals surface area contributed by atoms with E-state index >= 15 is 0 Å². The van der Waals surface area contributed by atoms with Gasteiger partial charge in [-0.15, -0.1) is 0 Å². The molecule has 0 saturated carbocycles. The van der Waals surface area contributed by atoms with Gasteiger partial charge in [-0.05, 0) is 0 Å². The Morgan fingerprint density at radius 2 is 1.14 bits per heavy atom. The quantitative estimate of drug-likeness (QED) is 0.188. The van der Waals surface area contributed by atoms with Gasteiger partial charge in [0.2, 0.25) is 0 Å². The standard InChI is InChI=1S/Ca.H2O4S.H3P/c;1-5(2,3)4;/h;(H2,1,2,3,4);1H3/q+2;;/p-2. The SMILES string of the molecule is O=S(=O)([O-])[O-].P.[Ca+2]. The van der Waals surface area contributed by atoms with Crippen LogP contribution in [0.2, 0.25) is 0 Å². The van der Waals surface area contributed by atoms with Crippen molar-refractivity contribution in [1.29, 1.82) is 0 Å². The first kappa shape index (κ1) is 15.8. The molecule has 0 heterocycles. The van der Waals surface area contributed by atoms with Gasteiger partial charge in [0.05, 0.1) is 0 Å². The first-order chi connectivity index (χ1) is 2.00. The molecule has 40 valence electrons.